The number of nitrogens with zero attached hydrogens (tertiary/aromatic N) is 3. The fraction of sp³-hybridized carbons (Fsp3) is 0.538. The van der Waals surface area contributed by atoms with E-state index in [1.54, 1.807) is 22.7 Å². The van der Waals surface area contributed by atoms with Crippen molar-refractivity contribution >= 4 is 27.8 Å². The van der Waals surface area contributed by atoms with Crippen molar-refractivity contribution in [2.24, 2.45) is 0 Å². The highest BCUT2D eigenvalue weighted by Gasteiger charge is 2.20. The average Bonchev–Trinajstić information content (AvgIpc) is 2.96. The van der Waals surface area contributed by atoms with Gasteiger partial charge in [-0.25, -0.2) is 9.97 Å². The third-order valence-corrected chi connectivity index (χ3v) is 5.16. The topological polar surface area (TPSA) is 41.1 Å². The first-order valence-electron chi connectivity index (χ1n) is 6.50. The number of nitrogens with one attached hydrogen (secondary N) is 1. The fourth-order valence-corrected chi connectivity index (χ4v) is 3.47. The Labute approximate surface area is 121 Å². The largest absolute Gasteiger partial charge is 0.346 e. The van der Waals surface area contributed by atoms with Gasteiger partial charge >= 0.3 is 0 Å². The smallest absolute Gasteiger partial charge is 0.185 e. The zero-order chi connectivity index (χ0) is 13.2. The molecule has 0 bridgehead atoms. The van der Waals surface area contributed by atoms with Crippen LogP contribution in [0.5, 0.6) is 0 Å². The van der Waals surface area contributed by atoms with Crippen molar-refractivity contribution in [2.45, 2.75) is 38.9 Å². The van der Waals surface area contributed by atoms with E-state index in [0.717, 1.165) is 35.7 Å². The SMILES string of the molecule is Cc1ncsc1CN(C)c1nc(CNC2CC2)cs1. The molecular formula is C13H18N4S2. The number of aryl methyl sites for hydroxylation is 1. The maximum atomic E-state index is 4.69. The normalized spacial score (nSPS) is 14.8. The van der Waals surface area contributed by atoms with Gasteiger partial charge in [-0.3, -0.25) is 0 Å². The number of aromatic nitrogens is 2. The lowest BCUT2D eigenvalue weighted by molar-refractivity contribution is 0.676. The first-order valence-corrected chi connectivity index (χ1v) is 8.26. The highest BCUT2D eigenvalue weighted by atomic mass is 32.1. The van der Waals surface area contributed by atoms with Crippen molar-refractivity contribution in [3.63, 3.8) is 0 Å². The molecule has 0 unspecified atom stereocenters. The summed E-state index contributed by atoms with van der Waals surface area (Å²) in [4.78, 5) is 12.5. The summed E-state index contributed by atoms with van der Waals surface area (Å²) in [5.74, 6) is 0. The van der Waals surface area contributed by atoms with Gasteiger partial charge in [0.15, 0.2) is 5.13 Å². The van der Waals surface area contributed by atoms with Crippen LogP contribution >= 0.6 is 22.7 Å². The monoisotopic (exact) mass is 294 g/mol. The van der Waals surface area contributed by atoms with Gasteiger partial charge in [0.05, 0.1) is 23.4 Å². The Morgan fingerprint density at radius 3 is 2.95 bits per heavy atom. The number of rotatable bonds is 6. The van der Waals surface area contributed by atoms with Crippen molar-refractivity contribution in [3.8, 4) is 0 Å². The Bertz CT molecular complexity index is 544. The molecule has 0 amide bonds. The average molecular weight is 294 g/mol. The van der Waals surface area contributed by atoms with Crippen LogP contribution in [0.2, 0.25) is 0 Å². The molecule has 1 saturated carbocycles. The molecular weight excluding hydrogens is 276 g/mol. The molecule has 1 fully saturated rings. The molecule has 2 aromatic heterocycles. The molecule has 0 radical (unpaired) electrons. The first kappa shape index (κ1) is 13.0. The van der Waals surface area contributed by atoms with Crippen LogP contribution < -0.4 is 10.2 Å². The summed E-state index contributed by atoms with van der Waals surface area (Å²) in [6.45, 7) is 3.85. The minimum Gasteiger partial charge on any atom is -0.346 e. The second kappa shape index (κ2) is 5.56. The van der Waals surface area contributed by atoms with E-state index in [1.807, 2.05) is 5.51 Å². The zero-order valence-electron chi connectivity index (χ0n) is 11.2. The van der Waals surface area contributed by atoms with E-state index in [1.165, 1.54) is 17.7 Å². The molecule has 102 valence electrons. The van der Waals surface area contributed by atoms with Crippen molar-refractivity contribution in [1.29, 1.82) is 0 Å². The quantitative estimate of drug-likeness (QED) is 0.889. The van der Waals surface area contributed by atoms with E-state index < -0.39 is 0 Å². The number of hydrogen-bond acceptors (Lipinski definition) is 6. The standard InChI is InChI=1S/C13H18N4S2/c1-9-12(19-8-15-9)6-17(2)13-16-11(7-18-13)5-14-10-3-4-10/h7-8,10,14H,3-6H2,1-2H3. The van der Waals surface area contributed by atoms with Gasteiger partial charge in [-0.15, -0.1) is 22.7 Å². The maximum absolute atomic E-state index is 4.69. The van der Waals surface area contributed by atoms with Gasteiger partial charge in [-0.1, -0.05) is 0 Å². The van der Waals surface area contributed by atoms with Crippen LogP contribution in [-0.4, -0.2) is 23.1 Å². The van der Waals surface area contributed by atoms with Crippen LogP contribution in [-0.2, 0) is 13.1 Å². The Morgan fingerprint density at radius 1 is 1.42 bits per heavy atom. The highest BCUT2D eigenvalue weighted by Crippen LogP contribution is 2.24. The van der Waals surface area contributed by atoms with Crippen LogP contribution in [0.25, 0.3) is 0 Å². The Morgan fingerprint density at radius 2 is 2.26 bits per heavy atom. The van der Waals surface area contributed by atoms with E-state index in [-0.39, 0.29) is 0 Å². The van der Waals surface area contributed by atoms with Crippen LogP contribution in [0.15, 0.2) is 10.9 Å². The van der Waals surface area contributed by atoms with Gasteiger partial charge in [-0.05, 0) is 19.8 Å². The summed E-state index contributed by atoms with van der Waals surface area (Å²) in [5, 5.41) is 6.73. The van der Waals surface area contributed by atoms with Gasteiger partial charge in [-0.2, -0.15) is 0 Å². The molecule has 2 aromatic rings. The summed E-state index contributed by atoms with van der Waals surface area (Å²) in [6, 6.07) is 0.739. The summed E-state index contributed by atoms with van der Waals surface area (Å²) in [6.07, 6.45) is 2.64. The lowest BCUT2D eigenvalue weighted by Crippen LogP contribution is -2.17. The van der Waals surface area contributed by atoms with Gasteiger partial charge in [0.1, 0.15) is 0 Å². The van der Waals surface area contributed by atoms with E-state index in [2.05, 4.69) is 39.5 Å². The fourth-order valence-electron chi connectivity index (χ4n) is 1.85. The van der Waals surface area contributed by atoms with Gasteiger partial charge < -0.3 is 10.2 Å². The molecule has 0 spiro atoms. The van der Waals surface area contributed by atoms with Crippen LogP contribution in [0.3, 0.4) is 0 Å². The molecule has 0 atom stereocenters. The van der Waals surface area contributed by atoms with Crippen LogP contribution in [0.1, 0.15) is 29.1 Å². The zero-order valence-corrected chi connectivity index (χ0v) is 12.9. The molecule has 3 rings (SSSR count). The molecule has 1 aliphatic rings. The minimum absolute atomic E-state index is 0.739. The summed E-state index contributed by atoms with van der Waals surface area (Å²) >= 11 is 3.43. The third-order valence-electron chi connectivity index (χ3n) is 3.24. The molecule has 19 heavy (non-hydrogen) atoms. The van der Waals surface area contributed by atoms with Gasteiger partial charge in [0.2, 0.25) is 0 Å². The van der Waals surface area contributed by atoms with E-state index in [9.17, 15) is 0 Å². The molecule has 0 saturated heterocycles. The van der Waals surface area contributed by atoms with Gasteiger partial charge in [0, 0.05) is 29.9 Å². The number of anilines is 1. The first-order chi connectivity index (χ1) is 9.22. The third kappa shape index (κ3) is 3.32. The summed E-state index contributed by atoms with van der Waals surface area (Å²) in [7, 11) is 2.09. The summed E-state index contributed by atoms with van der Waals surface area (Å²) < 4.78 is 0. The maximum Gasteiger partial charge on any atom is 0.185 e. The van der Waals surface area contributed by atoms with E-state index in [4.69, 9.17) is 0 Å². The Hall–Kier alpha value is -0.980. The molecule has 2 heterocycles. The van der Waals surface area contributed by atoms with Crippen LogP contribution in [0.4, 0.5) is 5.13 Å². The van der Waals surface area contributed by atoms with E-state index in [0.29, 0.717) is 0 Å². The molecule has 6 heteroatoms. The van der Waals surface area contributed by atoms with Crippen molar-refractivity contribution in [3.05, 3.63) is 27.2 Å². The van der Waals surface area contributed by atoms with Crippen molar-refractivity contribution < 1.29 is 0 Å². The van der Waals surface area contributed by atoms with Gasteiger partial charge in [0.25, 0.3) is 0 Å². The second-order valence-electron chi connectivity index (χ2n) is 4.99. The molecule has 0 aliphatic heterocycles. The summed E-state index contributed by atoms with van der Waals surface area (Å²) in [5.41, 5.74) is 4.19. The predicted octanol–water partition coefficient (Wildman–Crippen LogP) is 2.80. The number of thiazole rings is 2. The molecule has 4 nitrogen and oxygen atoms in total. The molecule has 0 aromatic carbocycles. The second-order valence-corrected chi connectivity index (χ2v) is 6.77. The predicted molar refractivity (Wildman–Crippen MR) is 80.9 cm³/mol. The molecule has 1 aliphatic carbocycles. The lowest BCUT2D eigenvalue weighted by atomic mass is 10.4. The lowest BCUT2D eigenvalue weighted by Gasteiger charge is -2.14. The van der Waals surface area contributed by atoms with E-state index >= 15 is 0 Å². The van der Waals surface area contributed by atoms with Crippen molar-refractivity contribution in [2.75, 3.05) is 11.9 Å². The highest BCUT2D eigenvalue weighted by molar-refractivity contribution is 7.13. The molecule has 1 N–H and O–H groups in total. The van der Waals surface area contributed by atoms with Crippen LogP contribution in [0, 0.1) is 6.92 Å². The number of hydrogen-bond donors (Lipinski definition) is 1. The van der Waals surface area contributed by atoms with Crippen molar-refractivity contribution in [1.82, 2.24) is 15.3 Å². The Kier molecular flexibility index (Phi) is 3.81. The minimum atomic E-state index is 0.739. The Balaban J connectivity index is 1.59.